The maximum Gasteiger partial charge on any atom is 0.289 e. The van der Waals surface area contributed by atoms with Gasteiger partial charge in [0.2, 0.25) is 10.0 Å². The Bertz CT molecular complexity index is 1000. The number of nitrogens with two attached hydrogens (primary N) is 1. The summed E-state index contributed by atoms with van der Waals surface area (Å²) in [6, 6.07) is 7.58. The Labute approximate surface area is 142 Å². The summed E-state index contributed by atoms with van der Waals surface area (Å²) >= 11 is 5.65. The van der Waals surface area contributed by atoms with Gasteiger partial charge in [-0.15, -0.1) is 0 Å². The van der Waals surface area contributed by atoms with E-state index < -0.39 is 30.7 Å². The van der Waals surface area contributed by atoms with Crippen LogP contribution in [-0.2, 0) is 20.0 Å². The highest BCUT2D eigenvalue weighted by atomic mass is 35.5. The number of sulfonamides is 2. The number of benzene rings is 2. The van der Waals surface area contributed by atoms with Gasteiger partial charge in [-0.25, -0.2) is 22.0 Å². The van der Waals surface area contributed by atoms with E-state index in [2.05, 4.69) is 4.72 Å². The van der Waals surface area contributed by atoms with Crippen molar-refractivity contribution in [1.82, 2.24) is 0 Å². The number of hydrogen-bond acceptors (Lipinski definition) is 6. The minimum atomic E-state index is -4.08. The zero-order valence-corrected chi connectivity index (χ0v) is 14.1. The molecule has 0 amide bonds. The summed E-state index contributed by atoms with van der Waals surface area (Å²) in [5.74, 6) is 0. The number of nitrogens with one attached hydrogen (secondary N) is 1. The molecule has 0 aliphatic rings. The van der Waals surface area contributed by atoms with E-state index in [-0.39, 0.29) is 20.5 Å². The monoisotopic (exact) mass is 391 g/mol. The van der Waals surface area contributed by atoms with Crippen LogP contribution in [0.3, 0.4) is 0 Å². The molecule has 0 spiro atoms. The molecule has 0 saturated carbocycles. The molecule has 12 heteroatoms. The second-order valence-electron chi connectivity index (χ2n) is 4.55. The number of hydrogen-bond donors (Lipinski definition) is 2. The third-order valence-corrected chi connectivity index (χ3v) is 5.50. The van der Waals surface area contributed by atoms with Gasteiger partial charge in [0.15, 0.2) is 0 Å². The molecule has 2 aromatic rings. The van der Waals surface area contributed by atoms with Crippen LogP contribution in [-0.4, -0.2) is 21.8 Å². The molecular weight excluding hydrogens is 382 g/mol. The molecule has 3 N–H and O–H groups in total. The van der Waals surface area contributed by atoms with Crippen LogP contribution in [0.5, 0.6) is 0 Å². The van der Waals surface area contributed by atoms with Gasteiger partial charge in [0, 0.05) is 6.07 Å². The lowest BCUT2D eigenvalue weighted by Gasteiger charge is -2.09. The summed E-state index contributed by atoms with van der Waals surface area (Å²) in [6.07, 6.45) is 0. The van der Waals surface area contributed by atoms with Gasteiger partial charge in [-0.3, -0.25) is 14.8 Å². The molecule has 9 nitrogen and oxygen atoms in total. The van der Waals surface area contributed by atoms with Crippen molar-refractivity contribution in [1.29, 1.82) is 0 Å². The Morgan fingerprint density at radius 1 is 1.00 bits per heavy atom. The lowest BCUT2D eigenvalue weighted by atomic mass is 10.3. The minimum absolute atomic E-state index is 0.0679. The van der Waals surface area contributed by atoms with Crippen LogP contribution in [0.2, 0.25) is 5.02 Å². The van der Waals surface area contributed by atoms with Crippen molar-refractivity contribution in [2.45, 2.75) is 9.79 Å². The van der Waals surface area contributed by atoms with Crippen LogP contribution in [0, 0.1) is 10.1 Å². The van der Waals surface area contributed by atoms with Crippen LogP contribution in [0.1, 0.15) is 0 Å². The SMILES string of the molecule is NS(=O)(=O)c1ccc(S(=O)(=O)Nc2ccc(Cl)c([N+](=O)[O-])c2)cc1. The lowest BCUT2D eigenvalue weighted by molar-refractivity contribution is -0.384. The Kier molecular flexibility index (Phi) is 4.80. The normalized spacial score (nSPS) is 11.9. The molecule has 0 fully saturated rings. The number of primary sulfonamides is 1. The van der Waals surface area contributed by atoms with Crippen molar-refractivity contribution in [3.8, 4) is 0 Å². The van der Waals surface area contributed by atoms with Gasteiger partial charge in [0.25, 0.3) is 15.7 Å². The quantitative estimate of drug-likeness (QED) is 0.584. The van der Waals surface area contributed by atoms with Crippen molar-refractivity contribution in [2.75, 3.05) is 4.72 Å². The van der Waals surface area contributed by atoms with E-state index >= 15 is 0 Å². The molecule has 0 radical (unpaired) electrons. The fourth-order valence-electron chi connectivity index (χ4n) is 1.74. The highest BCUT2D eigenvalue weighted by Gasteiger charge is 2.19. The molecule has 0 aliphatic carbocycles. The first-order chi connectivity index (χ1) is 11.0. The minimum Gasteiger partial charge on any atom is -0.279 e. The molecule has 2 rings (SSSR count). The Hall–Kier alpha value is -2.21. The van der Waals surface area contributed by atoms with E-state index in [1.165, 1.54) is 12.1 Å². The number of halogens is 1. The van der Waals surface area contributed by atoms with E-state index in [4.69, 9.17) is 16.7 Å². The molecule has 128 valence electrons. The first-order valence-corrected chi connectivity index (χ1v) is 9.51. The van der Waals surface area contributed by atoms with Crippen molar-refractivity contribution >= 4 is 43.0 Å². The highest BCUT2D eigenvalue weighted by Crippen LogP contribution is 2.28. The second kappa shape index (κ2) is 6.36. The van der Waals surface area contributed by atoms with Crippen LogP contribution in [0.4, 0.5) is 11.4 Å². The molecule has 0 aliphatic heterocycles. The van der Waals surface area contributed by atoms with E-state index in [0.29, 0.717) is 0 Å². The first kappa shape index (κ1) is 18.1. The van der Waals surface area contributed by atoms with Gasteiger partial charge in [-0.1, -0.05) is 11.6 Å². The molecule has 24 heavy (non-hydrogen) atoms. The Morgan fingerprint density at radius 2 is 1.54 bits per heavy atom. The van der Waals surface area contributed by atoms with Crippen LogP contribution >= 0.6 is 11.6 Å². The predicted octanol–water partition coefficient (Wildman–Crippen LogP) is 1.70. The Morgan fingerprint density at radius 3 is 2.04 bits per heavy atom. The van der Waals surface area contributed by atoms with E-state index in [1.54, 1.807) is 0 Å². The number of nitro benzene ring substituents is 1. The zero-order valence-electron chi connectivity index (χ0n) is 11.7. The van der Waals surface area contributed by atoms with Gasteiger partial charge in [-0.05, 0) is 36.4 Å². The highest BCUT2D eigenvalue weighted by molar-refractivity contribution is 7.92. The molecule has 2 aromatic carbocycles. The van der Waals surface area contributed by atoms with Crippen LogP contribution in [0.15, 0.2) is 52.3 Å². The van der Waals surface area contributed by atoms with Gasteiger partial charge in [0.05, 0.1) is 20.4 Å². The first-order valence-electron chi connectivity index (χ1n) is 6.10. The van der Waals surface area contributed by atoms with Crippen molar-refractivity contribution in [2.24, 2.45) is 5.14 Å². The second-order valence-corrected chi connectivity index (χ2v) is 8.20. The van der Waals surface area contributed by atoms with Gasteiger partial charge < -0.3 is 0 Å². The topological polar surface area (TPSA) is 149 Å². The van der Waals surface area contributed by atoms with Crippen molar-refractivity contribution in [3.05, 3.63) is 57.6 Å². The number of rotatable bonds is 5. The molecule has 0 atom stereocenters. The molecule has 0 heterocycles. The fourth-order valence-corrected chi connectivity index (χ4v) is 3.49. The summed E-state index contributed by atoms with van der Waals surface area (Å²) in [5.41, 5.74) is -0.525. The zero-order chi connectivity index (χ0) is 18.1. The standard InChI is InChI=1S/C12H10ClN3O6S2/c13-11-6-1-8(7-12(11)16(17)18)15-24(21,22)10-4-2-9(3-5-10)23(14,19)20/h1-7,15H,(H2,14,19,20). The molecule has 0 saturated heterocycles. The smallest absolute Gasteiger partial charge is 0.279 e. The third kappa shape index (κ3) is 4.00. The summed E-state index contributed by atoms with van der Waals surface area (Å²) < 4.78 is 48.9. The number of nitro groups is 1. The van der Waals surface area contributed by atoms with E-state index in [9.17, 15) is 26.9 Å². The number of anilines is 1. The molecule has 0 aromatic heterocycles. The van der Waals surface area contributed by atoms with E-state index in [1.807, 2.05) is 0 Å². The van der Waals surface area contributed by atoms with Crippen molar-refractivity contribution < 1.29 is 21.8 Å². The predicted molar refractivity (Wildman–Crippen MR) is 86.7 cm³/mol. The van der Waals surface area contributed by atoms with Crippen molar-refractivity contribution in [3.63, 3.8) is 0 Å². The fraction of sp³-hybridized carbons (Fsp3) is 0. The molecular formula is C12H10ClN3O6S2. The summed E-state index contributed by atoms with van der Waals surface area (Å²) in [6.45, 7) is 0. The molecule has 0 bridgehead atoms. The number of nitrogens with zero attached hydrogens (tertiary/aromatic N) is 1. The average Bonchev–Trinajstić information content (AvgIpc) is 2.48. The Balaban J connectivity index is 2.35. The van der Waals surface area contributed by atoms with Crippen LogP contribution in [0.25, 0.3) is 0 Å². The van der Waals surface area contributed by atoms with Gasteiger partial charge in [-0.2, -0.15) is 0 Å². The maximum atomic E-state index is 12.2. The van der Waals surface area contributed by atoms with Crippen LogP contribution < -0.4 is 9.86 Å². The summed E-state index contributed by atoms with van der Waals surface area (Å²) in [5, 5.41) is 15.6. The average molecular weight is 392 g/mol. The van der Waals surface area contributed by atoms with E-state index in [0.717, 1.165) is 30.3 Å². The lowest BCUT2D eigenvalue weighted by Crippen LogP contribution is -2.15. The largest absolute Gasteiger partial charge is 0.289 e. The van der Waals surface area contributed by atoms with Gasteiger partial charge in [0.1, 0.15) is 5.02 Å². The summed E-state index contributed by atoms with van der Waals surface area (Å²) in [7, 11) is -8.03. The summed E-state index contributed by atoms with van der Waals surface area (Å²) in [4.78, 5) is 9.58. The van der Waals surface area contributed by atoms with Gasteiger partial charge >= 0.3 is 0 Å². The maximum absolute atomic E-state index is 12.2. The third-order valence-electron chi connectivity index (χ3n) is 2.86. The molecule has 0 unspecified atom stereocenters.